The van der Waals surface area contributed by atoms with Crippen molar-refractivity contribution in [1.82, 2.24) is 4.90 Å². The fourth-order valence-corrected chi connectivity index (χ4v) is 3.31. The van der Waals surface area contributed by atoms with Gasteiger partial charge in [0, 0.05) is 12.5 Å². The van der Waals surface area contributed by atoms with E-state index >= 15 is 0 Å². The molecule has 1 amide bonds. The molecule has 0 saturated carbocycles. The minimum absolute atomic E-state index is 0.128. The Morgan fingerprint density at radius 3 is 2.81 bits per heavy atom. The molecule has 0 spiro atoms. The maximum atomic E-state index is 12.5. The number of allylic oxidation sites excluding steroid dienone is 1. The zero-order valence-corrected chi connectivity index (χ0v) is 13.0. The van der Waals surface area contributed by atoms with E-state index in [1.54, 1.807) is 0 Å². The van der Waals surface area contributed by atoms with Crippen LogP contribution in [0.4, 0.5) is 4.79 Å². The smallest absolute Gasteiger partial charge is 0.411 e. The molecule has 1 aromatic rings. The molecule has 2 aliphatic rings. The maximum absolute atomic E-state index is 12.5. The van der Waals surface area contributed by atoms with Crippen LogP contribution in [0.3, 0.4) is 0 Å². The molecular formula is C18H23NO2. The van der Waals surface area contributed by atoms with Gasteiger partial charge in [-0.3, -0.25) is 4.90 Å². The van der Waals surface area contributed by atoms with Gasteiger partial charge in [-0.1, -0.05) is 36.4 Å². The van der Waals surface area contributed by atoms with Crippen LogP contribution in [0.15, 0.2) is 36.4 Å². The van der Waals surface area contributed by atoms with Gasteiger partial charge in [0.25, 0.3) is 0 Å². The molecule has 0 radical (unpaired) electrons. The van der Waals surface area contributed by atoms with Gasteiger partial charge in [-0.25, -0.2) is 4.79 Å². The van der Waals surface area contributed by atoms with Gasteiger partial charge in [-0.05, 0) is 44.7 Å². The van der Waals surface area contributed by atoms with Crippen molar-refractivity contribution in [3.8, 4) is 0 Å². The molecule has 0 aromatic heterocycles. The number of nitrogens with zero attached hydrogens (tertiary/aromatic N) is 1. The van der Waals surface area contributed by atoms with Crippen molar-refractivity contribution in [2.45, 2.75) is 57.7 Å². The van der Waals surface area contributed by atoms with Gasteiger partial charge >= 0.3 is 6.09 Å². The van der Waals surface area contributed by atoms with Crippen molar-refractivity contribution in [2.24, 2.45) is 0 Å². The number of hydrogen-bond acceptors (Lipinski definition) is 2. The average molecular weight is 285 g/mol. The molecule has 1 aliphatic carbocycles. The highest BCUT2D eigenvalue weighted by Gasteiger charge is 2.38. The number of amides is 1. The predicted molar refractivity (Wildman–Crippen MR) is 83.1 cm³/mol. The zero-order valence-electron chi connectivity index (χ0n) is 13.0. The molecule has 0 N–H and O–H groups in total. The summed E-state index contributed by atoms with van der Waals surface area (Å²) in [5.41, 5.74) is 2.19. The van der Waals surface area contributed by atoms with Crippen molar-refractivity contribution in [3.63, 3.8) is 0 Å². The highest BCUT2D eigenvalue weighted by Crippen LogP contribution is 2.39. The monoisotopic (exact) mass is 285 g/mol. The Morgan fingerprint density at radius 1 is 1.29 bits per heavy atom. The summed E-state index contributed by atoms with van der Waals surface area (Å²) < 4.78 is 5.59. The SMILES string of the molecule is CC(C)(C)OC(=O)N1Cc2ccccc2C2CCC=CC21. The van der Waals surface area contributed by atoms with E-state index in [2.05, 4.69) is 30.4 Å². The van der Waals surface area contributed by atoms with Crippen LogP contribution in [0.25, 0.3) is 0 Å². The molecular weight excluding hydrogens is 262 g/mol. The third-order valence-electron chi connectivity index (χ3n) is 4.17. The lowest BCUT2D eigenvalue weighted by molar-refractivity contribution is 0.0127. The molecule has 1 aliphatic heterocycles. The van der Waals surface area contributed by atoms with Crippen LogP contribution >= 0.6 is 0 Å². The second kappa shape index (κ2) is 5.21. The number of hydrogen-bond donors (Lipinski definition) is 0. The first kappa shape index (κ1) is 14.2. The third-order valence-corrected chi connectivity index (χ3v) is 4.17. The fraction of sp³-hybridized carbons (Fsp3) is 0.500. The molecule has 3 nitrogen and oxygen atoms in total. The molecule has 1 heterocycles. The number of ether oxygens (including phenoxy) is 1. The van der Waals surface area contributed by atoms with Gasteiger partial charge in [-0.15, -0.1) is 0 Å². The molecule has 3 heteroatoms. The molecule has 21 heavy (non-hydrogen) atoms. The summed E-state index contributed by atoms with van der Waals surface area (Å²) in [6.45, 7) is 6.38. The molecule has 1 aromatic carbocycles. The Morgan fingerprint density at radius 2 is 2.05 bits per heavy atom. The lowest BCUT2D eigenvalue weighted by atomic mass is 9.78. The number of rotatable bonds is 0. The lowest BCUT2D eigenvalue weighted by Crippen LogP contribution is -2.48. The van der Waals surface area contributed by atoms with Crippen LogP contribution in [0.5, 0.6) is 0 Å². The number of benzene rings is 1. The Kier molecular flexibility index (Phi) is 3.52. The third kappa shape index (κ3) is 2.82. The topological polar surface area (TPSA) is 29.5 Å². The molecule has 0 fully saturated rings. The summed E-state index contributed by atoms with van der Waals surface area (Å²) in [4.78, 5) is 14.4. The Balaban J connectivity index is 1.93. The van der Waals surface area contributed by atoms with Gasteiger partial charge in [0.2, 0.25) is 0 Å². The van der Waals surface area contributed by atoms with Crippen LogP contribution in [0.2, 0.25) is 0 Å². The molecule has 2 unspecified atom stereocenters. The van der Waals surface area contributed by atoms with Crippen LogP contribution in [0.1, 0.15) is 50.7 Å². The van der Waals surface area contributed by atoms with Crippen LogP contribution < -0.4 is 0 Å². The normalized spacial score (nSPS) is 24.2. The van der Waals surface area contributed by atoms with E-state index in [9.17, 15) is 4.79 Å². The highest BCUT2D eigenvalue weighted by molar-refractivity contribution is 5.70. The van der Waals surface area contributed by atoms with Gasteiger partial charge in [-0.2, -0.15) is 0 Å². The quantitative estimate of drug-likeness (QED) is 0.667. The van der Waals surface area contributed by atoms with Gasteiger partial charge < -0.3 is 4.74 Å². The summed E-state index contributed by atoms with van der Waals surface area (Å²) in [6.07, 6.45) is 6.33. The van der Waals surface area contributed by atoms with Crippen molar-refractivity contribution < 1.29 is 9.53 Å². The predicted octanol–water partition coefficient (Wildman–Crippen LogP) is 4.24. The Bertz CT molecular complexity index is 571. The van der Waals surface area contributed by atoms with Crippen molar-refractivity contribution in [3.05, 3.63) is 47.5 Å². The summed E-state index contributed by atoms with van der Waals surface area (Å²) in [7, 11) is 0. The molecule has 112 valence electrons. The summed E-state index contributed by atoms with van der Waals surface area (Å²) >= 11 is 0. The Hall–Kier alpha value is -1.77. The Labute approximate surface area is 126 Å². The van der Waals surface area contributed by atoms with E-state index in [0.29, 0.717) is 12.5 Å². The second-order valence-electron chi connectivity index (χ2n) is 6.91. The van der Waals surface area contributed by atoms with Gasteiger partial charge in [0.05, 0.1) is 6.04 Å². The van der Waals surface area contributed by atoms with E-state index in [4.69, 9.17) is 4.74 Å². The number of fused-ring (bicyclic) bond motifs is 3. The summed E-state index contributed by atoms with van der Waals surface area (Å²) in [6, 6.07) is 8.60. The van der Waals surface area contributed by atoms with E-state index in [1.807, 2.05) is 31.7 Å². The number of carbonyl (C=O) groups excluding carboxylic acids is 1. The standard InChI is InChI=1S/C18H23NO2/c1-18(2,3)21-17(20)19-12-13-8-4-5-9-14(13)15-10-6-7-11-16(15)19/h4-5,7-9,11,15-16H,6,10,12H2,1-3H3. The van der Waals surface area contributed by atoms with Gasteiger partial charge in [0.15, 0.2) is 0 Å². The molecule has 0 bridgehead atoms. The van der Waals surface area contributed by atoms with Crippen molar-refractivity contribution in [1.29, 1.82) is 0 Å². The first-order valence-electron chi connectivity index (χ1n) is 7.70. The highest BCUT2D eigenvalue weighted by atomic mass is 16.6. The largest absolute Gasteiger partial charge is 0.444 e. The van der Waals surface area contributed by atoms with E-state index < -0.39 is 5.60 Å². The summed E-state index contributed by atoms with van der Waals surface area (Å²) in [5.74, 6) is 0.396. The first-order valence-corrected chi connectivity index (χ1v) is 7.70. The molecule has 0 saturated heterocycles. The molecule has 2 atom stereocenters. The van der Waals surface area contributed by atoms with Crippen LogP contribution in [0, 0.1) is 0 Å². The molecule has 3 rings (SSSR count). The van der Waals surface area contributed by atoms with E-state index in [-0.39, 0.29) is 12.1 Å². The lowest BCUT2D eigenvalue weighted by Gasteiger charge is -2.42. The zero-order chi connectivity index (χ0) is 15.0. The van der Waals surface area contributed by atoms with Crippen molar-refractivity contribution >= 4 is 6.09 Å². The van der Waals surface area contributed by atoms with E-state index in [0.717, 1.165) is 12.8 Å². The maximum Gasteiger partial charge on any atom is 0.411 e. The van der Waals surface area contributed by atoms with Crippen LogP contribution in [-0.2, 0) is 11.3 Å². The first-order chi connectivity index (χ1) is 9.96. The van der Waals surface area contributed by atoms with Crippen molar-refractivity contribution in [2.75, 3.05) is 0 Å². The van der Waals surface area contributed by atoms with Crippen LogP contribution in [-0.4, -0.2) is 22.6 Å². The minimum atomic E-state index is -0.456. The second-order valence-corrected chi connectivity index (χ2v) is 6.91. The van der Waals surface area contributed by atoms with E-state index in [1.165, 1.54) is 11.1 Å². The minimum Gasteiger partial charge on any atom is -0.444 e. The average Bonchev–Trinajstić information content (AvgIpc) is 2.44. The fourth-order valence-electron chi connectivity index (χ4n) is 3.31. The summed E-state index contributed by atoms with van der Waals surface area (Å²) in [5, 5.41) is 0. The van der Waals surface area contributed by atoms with Gasteiger partial charge in [0.1, 0.15) is 5.60 Å². The number of carbonyl (C=O) groups is 1.